The van der Waals surface area contributed by atoms with Crippen molar-refractivity contribution in [2.45, 2.75) is 51.1 Å². The van der Waals surface area contributed by atoms with Gasteiger partial charge in [0.15, 0.2) is 5.16 Å². The second kappa shape index (κ2) is 9.57. The van der Waals surface area contributed by atoms with Crippen molar-refractivity contribution in [3.05, 3.63) is 63.4 Å². The molecule has 2 aromatic heterocycles. The van der Waals surface area contributed by atoms with Crippen LogP contribution in [-0.2, 0) is 11.3 Å². The van der Waals surface area contributed by atoms with Crippen LogP contribution in [0.1, 0.15) is 32.8 Å². The molecular weight excluding hydrogens is 458 g/mol. The van der Waals surface area contributed by atoms with E-state index in [4.69, 9.17) is 11.6 Å². The molecule has 0 saturated carbocycles. The second-order valence-corrected chi connectivity index (χ2v) is 10.2. The molecule has 0 radical (unpaired) electrons. The van der Waals surface area contributed by atoms with E-state index in [2.05, 4.69) is 29.4 Å². The Morgan fingerprint density at radius 2 is 1.88 bits per heavy atom. The summed E-state index contributed by atoms with van der Waals surface area (Å²) in [6, 6.07) is 12.8. The van der Waals surface area contributed by atoms with Crippen LogP contribution in [0.5, 0.6) is 0 Å². The highest BCUT2D eigenvalue weighted by Gasteiger charge is 2.22. The standard InChI is InChI=1S/C24H26ClN5O2S/c1-14(2)12-13-29-22(32)17-8-5-6-11-20(17)30-23(29)27-28-24(30)33-16(4)21(31)26-19-10-7-9-18(25)15(19)3/h5-11,14,16H,12-13H2,1-4H3,(H,26,31). The highest BCUT2D eigenvalue weighted by molar-refractivity contribution is 8.00. The van der Waals surface area contributed by atoms with E-state index < -0.39 is 5.25 Å². The van der Waals surface area contributed by atoms with Gasteiger partial charge in [0.25, 0.3) is 5.56 Å². The molecule has 1 atom stereocenters. The van der Waals surface area contributed by atoms with Crippen LogP contribution in [0.3, 0.4) is 0 Å². The number of para-hydroxylation sites is 1. The zero-order valence-corrected chi connectivity index (χ0v) is 20.6. The molecule has 9 heteroatoms. The van der Waals surface area contributed by atoms with Crippen LogP contribution in [0.15, 0.2) is 52.4 Å². The maximum atomic E-state index is 13.2. The van der Waals surface area contributed by atoms with E-state index in [1.54, 1.807) is 16.7 Å². The summed E-state index contributed by atoms with van der Waals surface area (Å²) in [6.45, 7) is 8.48. The average molecular weight is 484 g/mol. The summed E-state index contributed by atoms with van der Waals surface area (Å²) < 4.78 is 3.55. The molecule has 0 aliphatic heterocycles. The topological polar surface area (TPSA) is 81.3 Å². The lowest BCUT2D eigenvalue weighted by Gasteiger charge is -2.15. The van der Waals surface area contributed by atoms with E-state index in [0.29, 0.717) is 39.5 Å². The van der Waals surface area contributed by atoms with E-state index >= 15 is 0 Å². The van der Waals surface area contributed by atoms with Crippen LogP contribution in [0.2, 0.25) is 5.02 Å². The smallest absolute Gasteiger partial charge is 0.262 e. The van der Waals surface area contributed by atoms with Crippen LogP contribution in [-0.4, -0.2) is 30.3 Å². The largest absolute Gasteiger partial charge is 0.325 e. The van der Waals surface area contributed by atoms with Crippen molar-refractivity contribution in [1.29, 1.82) is 0 Å². The number of fused-ring (bicyclic) bond motifs is 3. The minimum atomic E-state index is -0.453. The number of halogens is 1. The summed E-state index contributed by atoms with van der Waals surface area (Å²) in [5.74, 6) is 0.763. The molecule has 0 aliphatic carbocycles. The first-order valence-electron chi connectivity index (χ1n) is 10.9. The van der Waals surface area contributed by atoms with Crippen LogP contribution in [0.4, 0.5) is 5.69 Å². The Labute approximate surface area is 201 Å². The molecule has 2 aromatic carbocycles. The van der Waals surface area contributed by atoms with Crippen LogP contribution in [0, 0.1) is 12.8 Å². The number of thioether (sulfide) groups is 1. The fraction of sp³-hybridized carbons (Fsp3) is 0.333. The number of carbonyl (C=O) groups excluding carboxylic acids is 1. The van der Waals surface area contributed by atoms with Gasteiger partial charge in [0, 0.05) is 17.3 Å². The monoisotopic (exact) mass is 483 g/mol. The number of aromatic nitrogens is 4. The lowest BCUT2D eigenvalue weighted by atomic mass is 10.1. The van der Waals surface area contributed by atoms with Gasteiger partial charge in [0.1, 0.15) is 0 Å². The van der Waals surface area contributed by atoms with Gasteiger partial charge < -0.3 is 5.32 Å². The average Bonchev–Trinajstić information content (AvgIpc) is 3.20. The number of amides is 1. The van der Waals surface area contributed by atoms with Crippen molar-refractivity contribution in [2.75, 3.05) is 5.32 Å². The molecule has 4 rings (SSSR count). The first-order valence-corrected chi connectivity index (χ1v) is 12.1. The number of hydrogen-bond donors (Lipinski definition) is 1. The Morgan fingerprint density at radius 3 is 2.64 bits per heavy atom. The van der Waals surface area contributed by atoms with Gasteiger partial charge in [-0.3, -0.25) is 18.6 Å². The third-order valence-corrected chi connectivity index (χ3v) is 7.04. The fourth-order valence-corrected chi connectivity index (χ4v) is 4.62. The lowest BCUT2D eigenvalue weighted by molar-refractivity contribution is -0.115. The number of nitrogens with zero attached hydrogens (tertiary/aromatic N) is 4. The molecule has 1 amide bonds. The van der Waals surface area contributed by atoms with Gasteiger partial charge in [-0.25, -0.2) is 0 Å². The summed E-state index contributed by atoms with van der Waals surface area (Å²) in [4.78, 5) is 26.1. The number of hydrogen-bond acceptors (Lipinski definition) is 5. The predicted molar refractivity (Wildman–Crippen MR) is 134 cm³/mol. The third-order valence-electron chi connectivity index (χ3n) is 5.59. The zero-order chi connectivity index (χ0) is 23.7. The molecule has 0 aliphatic rings. The molecule has 33 heavy (non-hydrogen) atoms. The van der Waals surface area contributed by atoms with Crippen LogP contribution in [0.25, 0.3) is 16.7 Å². The molecule has 1 N–H and O–H groups in total. The minimum Gasteiger partial charge on any atom is -0.325 e. The van der Waals surface area contributed by atoms with Crippen molar-refractivity contribution in [3.63, 3.8) is 0 Å². The summed E-state index contributed by atoms with van der Waals surface area (Å²) in [5, 5.41) is 12.9. The number of anilines is 1. The highest BCUT2D eigenvalue weighted by Crippen LogP contribution is 2.28. The van der Waals surface area contributed by atoms with Crippen LogP contribution >= 0.6 is 23.4 Å². The van der Waals surface area contributed by atoms with E-state index in [0.717, 1.165) is 17.5 Å². The first-order chi connectivity index (χ1) is 15.8. The maximum absolute atomic E-state index is 13.2. The summed E-state index contributed by atoms with van der Waals surface area (Å²) in [6.07, 6.45) is 0.848. The third kappa shape index (κ3) is 4.63. The Morgan fingerprint density at radius 1 is 1.12 bits per heavy atom. The Bertz CT molecular complexity index is 1400. The van der Waals surface area contributed by atoms with E-state index in [1.165, 1.54) is 11.8 Å². The van der Waals surface area contributed by atoms with Gasteiger partial charge in [-0.15, -0.1) is 10.2 Å². The molecule has 0 bridgehead atoms. The molecule has 172 valence electrons. The van der Waals surface area contributed by atoms with Gasteiger partial charge >= 0.3 is 0 Å². The van der Waals surface area contributed by atoms with Gasteiger partial charge in [-0.05, 0) is 56.0 Å². The number of rotatable bonds is 7. The minimum absolute atomic E-state index is 0.0788. The molecule has 0 saturated heterocycles. The summed E-state index contributed by atoms with van der Waals surface area (Å²) in [5.41, 5.74) is 2.14. The molecule has 7 nitrogen and oxygen atoms in total. The number of carbonyl (C=O) groups is 1. The molecule has 4 aromatic rings. The number of aryl methyl sites for hydroxylation is 1. The van der Waals surface area contributed by atoms with Gasteiger partial charge in [0.05, 0.1) is 16.2 Å². The Balaban J connectivity index is 1.70. The molecule has 1 unspecified atom stereocenters. The van der Waals surface area contributed by atoms with Gasteiger partial charge in [0.2, 0.25) is 11.7 Å². The first kappa shape index (κ1) is 23.3. The van der Waals surface area contributed by atoms with Crippen molar-refractivity contribution in [2.24, 2.45) is 5.92 Å². The highest BCUT2D eigenvalue weighted by atomic mass is 35.5. The fourth-order valence-electron chi connectivity index (χ4n) is 3.59. The van der Waals surface area contributed by atoms with Crippen molar-refractivity contribution in [1.82, 2.24) is 19.2 Å². The van der Waals surface area contributed by atoms with E-state index in [1.807, 2.05) is 48.6 Å². The van der Waals surface area contributed by atoms with Gasteiger partial charge in [-0.2, -0.15) is 0 Å². The van der Waals surface area contributed by atoms with Crippen LogP contribution < -0.4 is 10.9 Å². The Kier molecular flexibility index (Phi) is 6.76. The predicted octanol–water partition coefficient (Wildman–Crippen LogP) is 5.17. The molecular formula is C24H26ClN5O2S. The molecule has 0 spiro atoms. The number of benzene rings is 2. The van der Waals surface area contributed by atoms with Gasteiger partial charge in [-0.1, -0.05) is 55.4 Å². The lowest BCUT2D eigenvalue weighted by Crippen LogP contribution is -2.25. The summed E-state index contributed by atoms with van der Waals surface area (Å²) in [7, 11) is 0. The van der Waals surface area contributed by atoms with Crippen molar-refractivity contribution < 1.29 is 4.79 Å². The van der Waals surface area contributed by atoms with E-state index in [-0.39, 0.29) is 11.5 Å². The SMILES string of the molecule is Cc1c(Cl)cccc1NC(=O)C(C)Sc1nnc2n(CCC(C)C)c(=O)c3ccccc3n12. The maximum Gasteiger partial charge on any atom is 0.262 e. The molecule has 0 fully saturated rings. The van der Waals surface area contributed by atoms with E-state index in [9.17, 15) is 9.59 Å². The van der Waals surface area contributed by atoms with Crippen molar-refractivity contribution in [3.8, 4) is 0 Å². The number of nitrogens with one attached hydrogen (secondary N) is 1. The second-order valence-electron chi connectivity index (χ2n) is 8.44. The quantitative estimate of drug-likeness (QED) is 0.367. The zero-order valence-electron chi connectivity index (χ0n) is 19.0. The Hall–Kier alpha value is -2.84. The van der Waals surface area contributed by atoms with Crippen molar-refractivity contribution >= 4 is 51.6 Å². The summed E-state index contributed by atoms with van der Waals surface area (Å²) >= 11 is 7.48. The normalized spacial score (nSPS) is 12.5. The molecule has 2 heterocycles.